The van der Waals surface area contributed by atoms with Gasteiger partial charge in [-0.05, 0) is 29.7 Å². The Balaban J connectivity index is 2.30. The first kappa shape index (κ1) is 17.6. The number of para-hydroxylation sites is 2. The third-order valence-electron chi connectivity index (χ3n) is 3.14. The van der Waals surface area contributed by atoms with Gasteiger partial charge in [0.05, 0.1) is 5.69 Å². The van der Waals surface area contributed by atoms with Crippen LogP contribution in [0.5, 0.6) is 11.5 Å². The van der Waals surface area contributed by atoms with Crippen molar-refractivity contribution >= 4 is 18.3 Å². The van der Waals surface area contributed by atoms with E-state index in [-0.39, 0.29) is 11.3 Å². The molecule has 0 fully saturated rings. The smallest absolute Gasteiger partial charge is 0.455 e. The Morgan fingerprint density at radius 2 is 1.56 bits per heavy atom. The van der Waals surface area contributed by atoms with E-state index in [4.69, 9.17) is 30.6 Å². The van der Waals surface area contributed by atoms with Crippen LogP contribution >= 0.6 is 0 Å². The van der Waals surface area contributed by atoms with Crippen molar-refractivity contribution in [1.82, 2.24) is 0 Å². The van der Waals surface area contributed by atoms with Crippen LogP contribution in [0, 0.1) is 34.0 Å². The predicted octanol–water partition coefficient (Wildman–Crippen LogP) is 1.40. The number of anilines is 1. The van der Waals surface area contributed by atoms with Crippen LogP contribution in [0.15, 0.2) is 59.8 Å². The van der Waals surface area contributed by atoms with Gasteiger partial charge in [-0.3, -0.25) is 0 Å². The van der Waals surface area contributed by atoms with Gasteiger partial charge in [-0.2, -0.15) is 15.8 Å². The van der Waals surface area contributed by atoms with E-state index in [1.54, 1.807) is 54.6 Å². The maximum atomic E-state index is 9.12. The molecule has 0 saturated heterocycles. The highest BCUT2D eigenvalue weighted by atomic mass is 16.5. The third kappa shape index (κ3) is 4.37. The fraction of sp³-hybridized carbons (Fsp3) is 0. The second-order valence-corrected chi connectivity index (χ2v) is 4.75. The number of nitrogens with one attached hydrogen (secondary N) is 1. The molecule has 0 amide bonds. The lowest BCUT2D eigenvalue weighted by Gasteiger charge is -2.12. The lowest BCUT2D eigenvalue weighted by atomic mass is 9.80. The van der Waals surface area contributed by atoms with Crippen molar-refractivity contribution in [3.8, 4) is 29.7 Å². The van der Waals surface area contributed by atoms with Crippen molar-refractivity contribution in [2.24, 2.45) is 0 Å². The van der Waals surface area contributed by atoms with Gasteiger partial charge in [0.25, 0.3) is 0 Å². The Bertz CT molecular complexity index is 903. The standard InChI is InChI=1S/C17H11BN4O3/c19-9-12(10-20)16(11-21)22-15-3-1-2-4-17(15)25-14-7-5-13(6-8-14)18(23)24/h1-8,22-24H. The van der Waals surface area contributed by atoms with Gasteiger partial charge in [-0.25, -0.2) is 0 Å². The van der Waals surface area contributed by atoms with Crippen LogP contribution in [0.1, 0.15) is 0 Å². The zero-order valence-corrected chi connectivity index (χ0v) is 12.8. The molecule has 2 aromatic rings. The molecule has 8 heteroatoms. The van der Waals surface area contributed by atoms with E-state index >= 15 is 0 Å². The molecule has 0 aliphatic carbocycles. The largest absolute Gasteiger partial charge is 0.488 e. The van der Waals surface area contributed by atoms with Gasteiger partial charge in [0.15, 0.2) is 11.3 Å². The highest BCUT2D eigenvalue weighted by molar-refractivity contribution is 6.58. The minimum atomic E-state index is -1.57. The van der Waals surface area contributed by atoms with E-state index in [9.17, 15) is 0 Å². The Morgan fingerprint density at radius 1 is 0.920 bits per heavy atom. The summed E-state index contributed by atoms with van der Waals surface area (Å²) in [7, 11) is -1.57. The van der Waals surface area contributed by atoms with Gasteiger partial charge in [0.1, 0.15) is 29.7 Å². The molecule has 0 aliphatic rings. The van der Waals surface area contributed by atoms with Crippen molar-refractivity contribution in [3.05, 3.63) is 59.8 Å². The number of ether oxygens (including phenoxy) is 1. The molecular formula is C17H11BN4O3. The van der Waals surface area contributed by atoms with E-state index in [0.717, 1.165) is 0 Å². The summed E-state index contributed by atoms with van der Waals surface area (Å²) >= 11 is 0. The molecule has 0 unspecified atom stereocenters. The second-order valence-electron chi connectivity index (χ2n) is 4.75. The average Bonchev–Trinajstić information content (AvgIpc) is 2.63. The first-order valence-corrected chi connectivity index (χ1v) is 7.03. The lowest BCUT2D eigenvalue weighted by Crippen LogP contribution is -2.29. The monoisotopic (exact) mass is 330 g/mol. The van der Waals surface area contributed by atoms with Gasteiger partial charge >= 0.3 is 7.12 Å². The zero-order valence-electron chi connectivity index (χ0n) is 12.8. The molecule has 0 atom stereocenters. The lowest BCUT2D eigenvalue weighted by molar-refractivity contribution is 0.425. The molecular weight excluding hydrogens is 319 g/mol. The van der Waals surface area contributed by atoms with E-state index in [1.807, 2.05) is 0 Å². The minimum absolute atomic E-state index is 0.181. The van der Waals surface area contributed by atoms with Crippen LogP contribution in [0.2, 0.25) is 0 Å². The molecule has 0 radical (unpaired) electrons. The molecule has 0 saturated carbocycles. The Morgan fingerprint density at radius 3 is 2.12 bits per heavy atom. The van der Waals surface area contributed by atoms with E-state index in [1.165, 1.54) is 12.1 Å². The quantitative estimate of drug-likeness (QED) is 0.557. The van der Waals surface area contributed by atoms with Gasteiger partial charge in [0.2, 0.25) is 0 Å². The second kappa shape index (κ2) is 8.19. The number of nitrogens with zero attached hydrogens (tertiary/aromatic N) is 3. The fourth-order valence-electron chi connectivity index (χ4n) is 1.91. The molecule has 2 rings (SSSR count). The molecule has 2 aromatic carbocycles. The van der Waals surface area contributed by atoms with Crippen LogP contribution in [-0.2, 0) is 0 Å². The Kier molecular flexibility index (Phi) is 5.76. The van der Waals surface area contributed by atoms with Crippen molar-refractivity contribution in [2.45, 2.75) is 0 Å². The summed E-state index contributed by atoms with van der Waals surface area (Å²) in [6, 6.07) is 17.9. The Hall–Kier alpha value is -3.77. The summed E-state index contributed by atoms with van der Waals surface area (Å²) in [5.74, 6) is 0.796. The first-order valence-electron chi connectivity index (χ1n) is 7.03. The first-order chi connectivity index (χ1) is 12.1. The Labute approximate surface area is 144 Å². The summed E-state index contributed by atoms with van der Waals surface area (Å²) in [6.07, 6.45) is 0. The molecule has 3 N–H and O–H groups in total. The predicted molar refractivity (Wildman–Crippen MR) is 90.3 cm³/mol. The van der Waals surface area contributed by atoms with Crippen LogP contribution in [-0.4, -0.2) is 17.2 Å². The fourth-order valence-corrected chi connectivity index (χ4v) is 1.91. The normalized spacial score (nSPS) is 9.08. The molecule has 0 spiro atoms. The molecule has 7 nitrogen and oxygen atoms in total. The maximum Gasteiger partial charge on any atom is 0.488 e. The highest BCUT2D eigenvalue weighted by Gasteiger charge is 2.12. The summed E-state index contributed by atoms with van der Waals surface area (Å²) in [6.45, 7) is 0. The summed E-state index contributed by atoms with van der Waals surface area (Å²) < 4.78 is 5.71. The number of rotatable bonds is 5. The van der Waals surface area contributed by atoms with Crippen molar-refractivity contribution < 1.29 is 14.8 Å². The number of benzene rings is 2. The van der Waals surface area contributed by atoms with Crippen LogP contribution in [0.3, 0.4) is 0 Å². The zero-order chi connectivity index (χ0) is 18.2. The molecule has 0 aromatic heterocycles. The van der Waals surface area contributed by atoms with Crippen LogP contribution < -0.4 is 15.5 Å². The van der Waals surface area contributed by atoms with Crippen molar-refractivity contribution in [3.63, 3.8) is 0 Å². The SMILES string of the molecule is N#CC(C#N)=C(C#N)Nc1ccccc1Oc1ccc(B(O)O)cc1. The van der Waals surface area contributed by atoms with Gasteiger partial charge in [-0.15, -0.1) is 0 Å². The van der Waals surface area contributed by atoms with E-state index in [2.05, 4.69) is 5.32 Å². The number of allylic oxidation sites excluding steroid dienone is 2. The topological polar surface area (TPSA) is 133 Å². The van der Waals surface area contributed by atoms with E-state index in [0.29, 0.717) is 22.6 Å². The highest BCUT2D eigenvalue weighted by Crippen LogP contribution is 2.30. The number of nitriles is 3. The van der Waals surface area contributed by atoms with Gasteiger partial charge in [0, 0.05) is 0 Å². The minimum Gasteiger partial charge on any atom is -0.455 e. The van der Waals surface area contributed by atoms with Crippen molar-refractivity contribution in [1.29, 1.82) is 15.8 Å². The van der Waals surface area contributed by atoms with Gasteiger partial charge in [-0.1, -0.05) is 24.3 Å². The molecule has 0 bridgehead atoms. The molecule has 0 heterocycles. The van der Waals surface area contributed by atoms with E-state index < -0.39 is 7.12 Å². The average molecular weight is 330 g/mol. The number of hydrogen-bond acceptors (Lipinski definition) is 7. The van der Waals surface area contributed by atoms with Crippen molar-refractivity contribution in [2.75, 3.05) is 5.32 Å². The molecule has 0 aliphatic heterocycles. The maximum absolute atomic E-state index is 9.12. The van der Waals surface area contributed by atoms with Gasteiger partial charge < -0.3 is 20.1 Å². The van der Waals surface area contributed by atoms with Crippen LogP contribution in [0.4, 0.5) is 5.69 Å². The molecule has 25 heavy (non-hydrogen) atoms. The summed E-state index contributed by atoms with van der Waals surface area (Å²) in [5, 5.41) is 47.8. The summed E-state index contributed by atoms with van der Waals surface area (Å²) in [4.78, 5) is 0. The molecule has 120 valence electrons. The number of hydrogen-bond donors (Lipinski definition) is 3. The van der Waals surface area contributed by atoms with Crippen LogP contribution in [0.25, 0.3) is 0 Å². The third-order valence-corrected chi connectivity index (χ3v) is 3.14. The summed E-state index contributed by atoms with van der Waals surface area (Å²) in [5.41, 5.74) is 0.202.